The summed E-state index contributed by atoms with van der Waals surface area (Å²) in [5.41, 5.74) is 3.64. The quantitative estimate of drug-likeness (QED) is 0.543. The summed E-state index contributed by atoms with van der Waals surface area (Å²) in [4.78, 5) is 20.2. The number of carbonyl (C=O) groups excluding carboxylic acids is 1. The monoisotopic (exact) mass is 333 g/mol. The molecule has 2 aromatic carbocycles. The highest BCUT2D eigenvalue weighted by atomic mass is 16.3. The summed E-state index contributed by atoms with van der Waals surface area (Å²) in [5, 5.41) is 3.91. The summed E-state index contributed by atoms with van der Waals surface area (Å²) >= 11 is 0. The van der Waals surface area contributed by atoms with Crippen LogP contribution < -0.4 is 5.32 Å². The summed E-state index contributed by atoms with van der Waals surface area (Å²) in [6.45, 7) is 2.49. The Kier molecular flexibility index (Phi) is 3.98. The number of nitrogens with one attached hydrogen (secondary N) is 2. The second-order valence-electron chi connectivity index (χ2n) is 6.11. The molecule has 1 amide bonds. The molecule has 2 N–H and O–H groups in total. The molecule has 0 unspecified atom stereocenters. The first-order valence-corrected chi connectivity index (χ1v) is 8.42. The third kappa shape index (κ3) is 3.01. The molecular weight excluding hydrogens is 314 g/mol. The summed E-state index contributed by atoms with van der Waals surface area (Å²) in [5.74, 6) is 1.17. The van der Waals surface area contributed by atoms with E-state index in [0.717, 1.165) is 46.2 Å². The highest BCUT2D eigenvalue weighted by molar-refractivity contribution is 5.98. The Hall–Kier alpha value is -3.08. The number of hydrogen-bond acceptors (Lipinski definition) is 3. The van der Waals surface area contributed by atoms with Crippen LogP contribution >= 0.6 is 0 Å². The number of H-pyrrole nitrogens is 1. The highest BCUT2D eigenvalue weighted by Crippen LogP contribution is 2.24. The van der Waals surface area contributed by atoms with Crippen molar-refractivity contribution in [3.8, 4) is 0 Å². The Labute approximate surface area is 145 Å². The first-order chi connectivity index (χ1) is 12.2. The minimum Gasteiger partial charge on any atom is -0.451 e. The van der Waals surface area contributed by atoms with Gasteiger partial charge in [0.05, 0.1) is 11.0 Å². The molecule has 0 bridgehead atoms. The van der Waals surface area contributed by atoms with E-state index in [1.807, 2.05) is 55.5 Å². The van der Waals surface area contributed by atoms with Crippen LogP contribution in [0.4, 0.5) is 0 Å². The molecule has 2 heterocycles. The molecule has 4 aromatic rings. The lowest BCUT2D eigenvalue weighted by Gasteiger charge is -2.03. The molecule has 0 radical (unpaired) electrons. The zero-order chi connectivity index (χ0) is 17.2. The van der Waals surface area contributed by atoms with Crippen molar-refractivity contribution in [2.75, 3.05) is 6.54 Å². The zero-order valence-electron chi connectivity index (χ0n) is 14.0. The van der Waals surface area contributed by atoms with Crippen molar-refractivity contribution in [3.05, 3.63) is 65.7 Å². The molecule has 25 heavy (non-hydrogen) atoms. The fourth-order valence-corrected chi connectivity index (χ4v) is 3.05. The van der Waals surface area contributed by atoms with E-state index in [-0.39, 0.29) is 5.91 Å². The number of aromatic amines is 1. The van der Waals surface area contributed by atoms with E-state index in [4.69, 9.17) is 4.42 Å². The number of hydrogen-bond donors (Lipinski definition) is 2. The molecule has 5 nitrogen and oxygen atoms in total. The van der Waals surface area contributed by atoms with Gasteiger partial charge in [-0.2, -0.15) is 0 Å². The largest absolute Gasteiger partial charge is 0.451 e. The minimum atomic E-state index is -0.168. The van der Waals surface area contributed by atoms with Crippen molar-refractivity contribution in [2.24, 2.45) is 0 Å². The van der Waals surface area contributed by atoms with Gasteiger partial charge in [0.25, 0.3) is 5.91 Å². The van der Waals surface area contributed by atoms with Crippen LogP contribution in [0.2, 0.25) is 0 Å². The van der Waals surface area contributed by atoms with Crippen LogP contribution in [-0.4, -0.2) is 22.4 Å². The van der Waals surface area contributed by atoms with Crippen LogP contribution in [-0.2, 0) is 6.42 Å². The first kappa shape index (κ1) is 15.4. The zero-order valence-corrected chi connectivity index (χ0v) is 14.0. The second-order valence-corrected chi connectivity index (χ2v) is 6.11. The van der Waals surface area contributed by atoms with Gasteiger partial charge in [-0.3, -0.25) is 4.79 Å². The third-order valence-electron chi connectivity index (χ3n) is 4.36. The average molecular weight is 333 g/mol. The van der Waals surface area contributed by atoms with Crippen LogP contribution in [0, 0.1) is 6.92 Å². The number of benzene rings is 2. The third-order valence-corrected chi connectivity index (χ3v) is 4.36. The van der Waals surface area contributed by atoms with Gasteiger partial charge >= 0.3 is 0 Å². The van der Waals surface area contributed by atoms with E-state index in [0.29, 0.717) is 12.3 Å². The van der Waals surface area contributed by atoms with Gasteiger partial charge in [0.15, 0.2) is 5.76 Å². The van der Waals surface area contributed by atoms with Gasteiger partial charge in [-0.1, -0.05) is 30.3 Å². The Morgan fingerprint density at radius 1 is 1.16 bits per heavy atom. The number of carbonyl (C=O) groups is 1. The van der Waals surface area contributed by atoms with Crippen molar-refractivity contribution < 1.29 is 9.21 Å². The van der Waals surface area contributed by atoms with Gasteiger partial charge < -0.3 is 14.7 Å². The van der Waals surface area contributed by atoms with Crippen LogP contribution in [0.3, 0.4) is 0 Å². The lowest BCUT2D eigenvalue weighted by Crippen LogP contribution is -2.25. The predicted molar refractivity (Wildman–Crippen MR) is 97.7 cm³/mol. The summed E-state index contributed by atoms with van der Waals surface area (Å²) in [7, 11) is 0. The molecule has 0 aliphatic carbocycles. The van der Waals surface area contributed by atoms with Gasteiger partial charge in [0.2, 0.25) is 0 Å². The Bertz CT molecular complexity index is 1010. The standard InChI is InChI=1S/C20H19N3O2/c1-13-14-7-2-5-10-17(14)25-19(13)20(24)21-12-6-11-18-22-15-8-3-4-9-16(15)23-18/h2-5,7-10H,6,11-12H2,1H3,(H,21,24)(H,22,23). The van der Waals surface area contributed by atoms with E-state index >= 15 is 0 Å². The molecule has 0 aliphatic rings. The maximum absolute atomic E-state index is 12.4. The van der Waals surface area contributed by atoms with Crippen LogP contribution in [0.5, 0.6) is 0 Å². The van der Waals surface area contributed by atoms with E-state index in [2.05, 4.69) is 15.3 Å². The van der Waals surface area contributed by atoms with Crippen LogP contribution in [0.25, 0.3) is 22.0 Å². The molecule has 4 rings (SSSR count). The van der Waals surface area contributed by atoms with Gasteiger partial charge in [-0.25, -0.2) is 4.98 Å². The molecule has 0 spiro atoms. The minimum absolute atomic E-state index is 0.168. The van der Waals surface area contributed by atoms with Crippen molar-refractivity contribution in [3.63, 3.8) is 0 Å². The molecule has 126 valence electrons. The average Bonchev–Trinajstić information content (AvgIpc) is 3.20. The second kappa shape index (κ2) is 6.43. The number of para-hydroxylation sites is 3. The van der Waals surface area contributed by atoms with E-state index < -0.39 is 0 Å². The number of aryl methyl sites for hydroxylation is 2. The number of imidazole rings is 1. The Balaban J connectivity index is 1.36. The molecule has 0 saturated heterocycles. The smallest absolute Gasteiger partial charge is 0.287 e. The maximum Gasteiger partial charge on any atom is 0.287 e. The molecule has 2 aromatic heterocycles. The Morgan fingerprint density at radius 2 is 1.96 bits per heavy atom. The SMILES string of the molecule is Cc1c(C(=O)NCCCc2nc3ccccc3[nH]2)oc2ccccc12. The van der Waals surface area contributed by atoms with Crippen molar-refractivity contribution >= 4 is 27.9 Å². The van der Waals surface area contributed by atoms with Gasteiger partial charge in [-0.05, 0) is 31.5 Å². The van der Waals surface area contributed by atoms with Crippen molar-refractivity contribution in [2.45, 2.75) is 19.8 Å². The maximum atomic E-state index is 12.4. The summed E-state index contributed by atoms with van der Waals surface area (Å²) in [6, 6.07) is 15.6. The molecule has 0 saturated carbocycles. The number of furan rings is 1. The summed E-state index contributed by atoms with van der Waals surface area (Å²) in [6.07, 6.45) is 1.60. The van der Waals surface area contributed by atoms with Crippen molar-refractivity contribution in [1.29, 1.82) is 0 Å². The van der Waals surface area contributed by atoms with E-state index in [1.54, 1.807) is 0 Å². The molecule has 0 atom stereocenters. The number of amides is 1. The van der Waals surface area contributed by atoms with Crippen LogP contribution in [0.15, 0.2) is 52.9 Å². The normalized spacial score (nSPS) is 11.2. The van der Waals surface area contributed by atoms with Crippen molar-refractivity contribution in [1.82, 2.24) is 15.3 Å². The fourth-order valence-electron chi connectivity index (χ4n) is 3.05. The number of fused-ring (bicyclic) bond motifs is 2. The fraction of sp³-hybridized carbons (Fsp3) is 0.200. The molecule has 5 heteroatoms. The summed E-state index contributed by atoms with van der Waals surface area (Å²) < 4.78 is 5.69. The number of rotatable bonds is 5. The number of aromatic nitrogens is 2. The topological polar surface area (TPSA) is 70.9 Å². The van der Waals surface area contributed by atoms with Gasteiger partial charge in [0.1, 0.15) is 11.4 Å². The van der Waals surface area contributed by atoms with Crippen LogP contribution in [0.1, 0.15) is 28.4 Å². The lowest BCUT2D eigenvalue weighted by molar-refractivity contribution is 0.0927. The molecule has 0 aliphatic heterocycles. The first-order valence-electron chi connectivity index (χ1n) is 8.42. The highest BCUT2D eigenvalue weighted by Gasteiger charge is 2.16. The predicted octanol–water partition coefficient (Wildman–Crippen LogP) is 3.98. The molecular formula is C20H19N3O2. The Morgan fingerprint density at radius 3 is 2.80 bits per heavy atom. The van der Waals surface area contributed by atoms with Gasteiger partial charge in [0, 0.05) is 23.9 Å². The van der Waals surface area contributed by atoms with E-state index in [1.165, 1.54) is 0 Å². The van der Waals surface area contributed by atoms with Gasteiger partial charge in [-0.15, -0.1) is 0 Å². The lowest BCUT2D eigenvalue weighted by atomic mass is 10.1. The molecule has 0 fully saturated rings. The number of nitrogens with zero attached hydrogens (tertiary/aromatic N) is 1. The van der Waals surface area contributed by atoms with E-state index in [9.17, 15) is 4.79 Å².